The van der Waals surface area contributed by atoms with Gasteiger partial charge in [0.25, 0.3) is 0 Å². The lowest BCUT2D eigenvalue weighted by molar-refractivity contribution is -0.137. The minimum atomic E-state index is -4.46. The molecule has 1 aliphatic heterocycles. The molecule has 1 aliphatic carbocycles. The third kappa shape index (κ3) is 4.88. The Labute approximate surface area is 174 Å². The van der Waals surface area contributed by atoms with Crippen molar-refractivity contribution >= 4 is 5.91 Å². The molecule has 2 fully saturated rings. The van der Waals surface area contributed by atoms with Crippen molar-refractivity contribution in [1.29, 1.82) is 5.26 Å². The maximum Gasteiger partial charge on any atom is 0.416 e. The fourth-order valence-corrected chi connectivity index (χ4v) is 4.18. The minimum absolute atomic E-state index is 0.101. The zero-order chi connectivity index (χ0) is 21.8. The van der Waals surface area contributed by atoms with Crippen LogP contribution in [0.1, 0.15) is 50.5 Å². The van der Waals surface area contributed by atoms with Crippen LogP contribution in [0, 0.1) is 23.7 Å². The number of nitriles is 1. The molecular formula is C22H24F3N3O2. The maximum absolute atomic E-state index is 13.0. The number of hydrogen-bond acceptors (Lipinski definition) is 4. The highest BCUT2D eigenvalue weighted by atomic mass is 19.4. The molecule has 0 radical (unpaired) electrons. The van der Waals surface area contributed by atoms with Crippen molar-refractivity contribution in [2.24, 2.45) is 0 Å². The fraction of sp³-hybridized carbons (Fsp3) is 0.545. The van der Waals surface area contributed by atoms with Gasteiger partial charge in [-0.3, -0.25) is 10.1 Å². The van der Waals surface area contributed by atoms with Gasteiger partial charge in [-0.2, -0.15) is 18.4 Å². The molecule has 1 aromatic rings. The van der Waals surface area contributed by atoms with Crippen LogP contribution >= 0.6 is 0 Å². The van der Waals surface area contributed by atoms with Gasteiger partial charge in [0.15, 0.2) is 5.72 Å². The largest absolute Gasteiger partial charge is 0.473 e. The van der Waals surface area contributed by atoms with Gasteiger partial charge in [0.1, 0.15) is 11.8 Å². The first kappa shape index (κ1) is 22.0. The number of nitrogens with one attached hydrogen (secondary N) is 1. The molecule has 3 rings (SSSR count). The highest BCUT2D eigenvalue weighted by Gasteiger charge is 2.39. The Morgan fingerprint density at radius 3 is 2.60 bits per heavy atom. The normalized spacial score (nSPS) is 23.4. The van der Waals surface area contributed by atoms with E-state index in [2.05, 4.69) is 17.3 Å². The van der Waals surface area contributed by atoms with Crippen molar-refractivity contribution in [2.75, 3.05) is 6.54 Å². The molecule has 5 nitrogen and oxygen atoms in total. The summed E-state index contributed by atoms with van der Waals surface area (Å²) in [4.78, 5) is 14.2. The number of benzene rings is 1. The molecule has 1 amide bonds. The van der Waals surface area contributed by atoms with Crippen LogP contribution in [0.4, 0.5) is 13.2 Å². The monoisotopic (exact) mass is 419 g/mol. The number of alkyl halides is 3. The highest BCUT2D eigenvalue weighted by molar-refractivity contribution is 5.80. The lowest BCUT2D eigenvalue weighted by Crippen LogP contribution is -2.56. The van der Waals surface area contributed by atoms with Crippen molar-refractivity contribution in [3.63, 3.8) is 0 Å². The summed E-state index contributed by atoms with van der Waals surface area (Å²) >= 11 is 0. The number of likely N-dealkylation sites (tertiary alicyclic amines) is 1. The molecule has 1 aromatic carbocycles. The lowest BCUT2D eigenvalue weighted by atomic mass is 9.91. The molecule has 2 aliphatic rings. The number of rotatable bonds is 5. The number of ether oxygens (including phenoxy) is 1. The Kier molecular flexibility index (Phi) is 6.58. The average Bonchev–Trinajstić information content (AvgIpc) is 3.16. The Morgan fingerprint density at radius 2 is 1.97 bits per heavy atom. The predicted octanol–water partition coefficient (Wildman–Crippen LogP) is 3.85. The quantitative estimate of drug-likeness (QED) is 0.582. The summed E-state index contributed by atoms with van der Waals surface area (Å²) in [6.07, 6.45) is 5.93. The van der Waals surface area contributed by atoms with Crippen molar-refractivity contribution < 1.29 is 22.7 Å². The maximum atomic E-state index is 13.0. The first-order valence-electron chi connectivity index (χ1n) is 10.1. The van der Waals surface area contributed by atoms with Crippen LogP contribution in [-0.2, 0) is 11.0 Å². The van der Waals surface area contributed by atoms with Crippen LogP contribution in [0.15, 0.2) is 24.3 Å². The molecule has 0 aromatic heterocycles. The van der Waals surface area contributed by atoms with E-state index in [4.69, 9.17) is 11.2 Å². The van der Waals surface area contributed by atoms with Crippen LogP contribution in [0.3, 0.4) is 0 Å². The molecule has 1 heterocycles. The number of nitrogens with zero attached hydrogens (tertiary/aromatic N) is 2. The van der Waals surface area contributed by atoms with Gasteiger partial charge in [0.2, 0.25) is 5.91 Å². The summed E-state index contributed by atoms with van der Waals surface area (Å²) in [6, 6.07) is 5.88. The number of amides is 1. The third-order valence-electron chi connectivity index (χ3n) is 5.71. The Bertz CT molecular complexity index is 828. The number of carbonyl (C=O) groups excluding carboxylic acids is 1. The number of terminal acetylenes is 1. The number of halogens is 3. The van der Waals surface area contributed by atoms with Gasteiger partial charge in [-0.1, -0.05) is 18.4 Å². The van der Waals surface area contributed by atoms with Gasteiger partial charge in [0, 0.05) is 12.8 Å². The Hall–Kier alpha value is -2.71. The molecule has 1 N–H and O–H groups in total. The molecule has 30 heavy (non-hydrogen) atoms. The topological polar surface area (TPSA) is 65.4 Å². The van der Waals surface area contributed by atoms with E-state index in [1.165, 1.54) is 17.0 Å². The second-order valence-corrected chi connectivity index (χ2v) is 7.74. The zero-order valence-corrected chi connectivity index (χ0v) is 16.5. The first-order chi connectivity index (χ1) is 14.3. The summed E-state index contributed by atoms with van der Waals surface area (Å²) < 4.78 is 45.1. The van der Waals surface area contributed by atoms with E-state index in [-0.39, 0.29) is 18.2 Å². The standard InChI is InChI=1S/C22H24F3N3O2/c1-2-17-9-10-18(14-26)28(17)20(29)15-27-21(11-4-3-5-12-21)30-19-8-6-7-16(13-19)22(23,24)25/h1,6-8,13,17-18,27H,3-5,9-12,15H2/t17-,18-/m0/s1. The Balaban J connectivity index is 1.74. The van der Waals surface area contributed by atoms with Gasteiger partial charge in [-0.25, -0.2) is 0 Å². The molecule has 1 saturated carbocycles. The fourth-order valence-electron chi connectivity index (χ4n) is 4.18. The second-order valence-electron chi connectivity index (χ2n) is 7.74. The lowest BCUT2D eigenvalue weighted by Gasteiger charge is -2.39. The number of hydrogen-bond donors (Lipinski definition) is 1. The SMILES string of the molecule is C#C[C@H]1CC[C@@H](C#N)N1C(=O)CNC1(Oc2cccc(C(F)(F)F)c2)CCCCC1. The Morgan fingerprint density at radius 1 is 1.27 bits per heavy atom. The second kappa shape index (κ2) is 8.97. The van der Waals surface area contributed by atoms with Crippen molar-refractivity contribution in [3.8, 4) is 24.2 Å². The molecule has 8 heteroatoms. The highest BCUT2D eigenvalue weighted by Crippen LogP contribution is 2.35. The number of carbonyl (C=O) groups is 1. The first-order valence-corrected chi connectivity index (χ1v) is 10.1. The van der Waals surface area contributed by atoms with Gasteiger partial charge >= 0.3 is 6.18 Å². The van der Waals surface area contributed by atoms with E-state index in [9.17, 15) is 23.2 Å². The van der Waals surface area contributed by atoms with Crippen molar-refractivity contribution in [1.82, 2.24) is 10.2 Å². The van der Waals surface area contributed by atoms with E-state index in [0.717, 1.165) is 31.4 Å². The van der Waals surface area contributed by atoms with E-state index in [0.29, 0.717) is 25.7 Å². The molecule has 0 bridgehead atoms. The summed E-state index contributed by atoms with van der Waals surface area (Å²) in [5.74, 6) is 2.35. The molecule has 0 unspecified atom stereocenters. The van der Waals surface area contributed by atoms with Gasteiger partial charge < -0.3 is 9.64 Å². The summed E-state index contributed by atoms with van der Waals surface area (Å²) in [7, 11) is 0. The van der Waals surface area contributed by atoms with Crippen molar-refractivity contribution in [3.05, 3.63) is 29.8 Å². The van der Waals surface area contributed by atoms with E-state index < -0.39 is 29.5 Å². The summed E-state index contributed by atoms with van der Waals surface area (Å²) in [5, 5.41) is 12.4. The summed E-state index contributed by atoms with van der Waals surface area (Å²) in [5.41, 5.74) is -1.72. The zero-order valence-electron chi connectivity index (χ0n) is 16.5. The van der Waals surface area contributed by atoms with Gasteiger partial charge in [0.05, 0.1) is 24.2 Å². The average molecular weight is 419 g/mol. The molecule has 2 atom stereocenters. The molecule has 160 valence electrons. The van der Waals surface area contributed by atoms with Crippen LogP contribution in [0.5, 0.6) is 5.75 Å². The summed E-state index contributed by atoms with van der Waals surface area (Å²) in [6.45, 7) is -0.102. The van der Waals surface area contributed by atoms with Crippen LogP contribution in [0.2, 0.25) is 0 Å². The molecular weight excluding hydrogens is 395 g/mol. The van der Waals surface area contributed by atoms with Crippen molar-refractivity contribution in [2.45, 2.75) is 68.9 Å². The predicted molar refractivity (Wildman–Crippen MR) is 104 cm³/mol. The van der Waals surface area contributed by atoms with E-state index >= 15 is 0 Å². The van der Waals surface area contributed by atoms with Crippen LogP contribution < -0.4 is 10.1 Å². The molecule has 0 spiro atoms. The van der Waals surface area contributed by atoms with Gasteiger partial charge in [-0.15, -0.1) is 6.42 Å². The van der Waals surface area contributed by atoms with Gasteiger partial charge in [-0.05, 0) is 43.9 Å². The van der Waals surface area contributed by atoms with Crippen LogP contribution in [0.25, 0.3) is 0 Å². The van der Waals surface area contributed by atoms with E-state index in [1.54, 1.807) is 0 Å². The smallest absolute Gasteiger partial charge is 0.416 e. The van der Waals surface area contributed by atoms with Crippen LogP contribution in [-0.4, -0.2) is 35.2 Å². The third-order valence-corrected chi connectivity index (χ3v) is 5.71. The minimum Gasteiger partial charge on any atom is -0.473 e. The van der Waals surface area contributed by atoms with E-state index in [1.807, 2.05) is 0 Å². The molecule has 1 saturated heterocycles.